The number of hydrogen-bond donors (Lipinski definition) is 3. The molecule has 0 unspecified atom stereocenters. The van der Waals surface area contributed by atoms with Crippen LogP contribution in [-0.4, -0.2) is 44.3 Å². The molecular formula is C13H13N5O2. The first-order valence-corrected chi connectivity index (χ1v) is 5.98. The van der Waals surface area contributed by atoms with Crippen LogP contribution >= 0.6 is 0 Å². The zero-order chi connectivity index (χ0) is 14.2. The monoisotopic (exact) mass is 271 g/mol. The zero-order valence-corrected chi connectivity index (χ0v) is 10.6. The fraction of sp³-hybridized carbons (Fsp3) is 0.231. The molecular weight excluding hydrogens is 258 g/mol. The summed E-state index contributed by atoms with van der Waals surface area (Å²) in [5, 5.41) is 17.9. The van der Waals surface area contributed by atoms with E-state index in [9.17, 15) is 4.79 Å². The van der Waals surface area contributed by atoms with Crippen molar-refractivity contribution in [2.45, 2.75) is 6.42 Å². The van der Waals surface area contributed by atoms with E-state index in [0.29, 0.717) is 24.4 Å². The fourth-order valence-electron chi connectivity index (χ4n) is 1.55. The van der Waals surface area contributed by atoms with Crippen LogP contribution in [0.3, 0.4) is 0 Å². The molecule has 0 aliphatic rings. The fourth-order valence-corrected chi connectivity index (χ4v) is 1.55. The Balaban J connectivity index is 1.98. The Morgan fingerprint density at radius 3 is 3.10 bits per heavy atom. The molecule has 7 heteroatoms. The lowest BCUT2D eigenvalue weighted by Crippen LogP contribution is -2.27. The molecule has 0 spiro atoms. The Hall–Kier alpha value is -2.72. The van der Waals surface area contributed by atoms with Crippen LogP contribution < -0.4 is 5.32 Å². The van der Waals surface area contributed by atoms with Crippen LogP contribution in [0.2, 0.25) is 0 Å². The summed E-state index contributed by atoms with van der Waals surface area (Å²) in [6, 6.07) is 3.37. The van der Waals surface area contributed by atoms with Crippen molar-refractivity contribution in [1.82, 2.24) is 25.5 Å². The molecule has 0 atom stereocenters. The molecule has 0 saturated heterocycles. The van der Waals surface area contributed by atoms with E-state index in [-0.39, 0.29) is 18.2 Å². The Morgan fingerprint density at radius 1 is 1.45 bits per heavy atom. The highest BCUT2D eigenvalue weighted by atomic mass is 16.2. The van der Waals surface area contributed by atoms with Crippen LogP contribution in [-0.2, 0) is 6.42 Å². The number of aromatic amines is 1. The number of pyridine rings is 1. The lowest BCUT2D eigenvalue weighted by molar-refractivity contribution is 0.0949. The first-order valence-electron chi connectivity index (χ1n) is 5.98. The predicted octanol–water partition coefficient (Wildman–Crippen LogP) is -0.484. The molecule has 1 amide bonds. The summed E-state index contributed by atoms with van der Waals surface area (Å²) in [5.41, 5.74) is 0.727. The minimum absolute atomic E-state index is 0.242. The Morgan fingerprint density at radius 2 is 2.35 bits per heavy atom. The standard InChI is InChI=1S/C13H13N5O2/c19-8-2-4-10-3-1-6-14-12(10)13(20)15-7-5-11-16-9-17-18-11/h1,3,6,9,19H,5,7-8H2,(H,15,20)(H,16,17,18). The minimum Gasteiger partial charge on any atom is -0.384 e. The molecule has 0 aliphatic heterocycles. The van der Waals surface area contributed by atoms with Gasteiger partial charge >= 0.3 is 0 Å². The summed E-state index contributed by atoms with van der Waals surface area (Å²) in [4.78, 5) is 20.0. The number of hydrogen-bond acceptors (Lipinski definition) is 5. The Kier molecular flexibility index (Phi) is 4.81. The molecule has 0 saturated carbocycles. The van der Waals surface area contributed by atoms with Gasteiger partial charge in [0.1, 0.15) is 24.5 Å². The molecule has 0 radical (unpaired) electrons. The maximum absolute atomic E-state index is 12.0. The maximum Gasteiger partial charge on any atom is 0.271 e. The van der Waals surface area contributed by atoms with Gasteiger partial charge in [-0.15, -0.1) is 0 Å². The van der Waals surface area contributed by atoms with E-state index < -0.39 is 0 Å². The number of carbonyl (C=O) groups is 1. The zero-order valence-electron chi connectivity index (χ0n) is 10.6. The van der Waals surface area contributed by atoms with Gasteiger partial charge in [-0.1, -0.05) is 11.8 Å². The molecule has 3 N–H and O–H groups in total. The van der Waals surface area contributed by atoms with E-state index in [0.717, 1.165) is 0 Å². The number of nitrogens with one attached hydrogen (secondary N) is 2. The van der Waals surface area contributed by atoms with Gasteiger partial charge in [0.25, 0.3) is 5.91 Å². The van der Waals surface area contributed by atoms with E-state index in [1.165, 1.54) is 12.5 Å². The second-order valence-corrected chi connectivity index (χ2v) is 3.80. The Bertz CT molecular complexity index is 628. The van der Waals surface area contributed by atoms with Crippen LogP contribution in [0.15, 0.2) is 24.7 Å². The number of nitrogens with zero attached hydrogens (tertiary/aromatic N) is 3. The first-order chi connectivity index (χ1) is 9.81. The third-order valence-corrected chi connectivity index (χ3v) is 2.44. The smallest absolute Gasteiger partial charge is 0.271 e. The lowest BCUT2D eigenvalue weighted by atomic mass is 10.2. The van der Waals surface area contributed by atoms with Crippen LogP contribution in [0, 0.1) is 11.8 Å². The molecule has 2 heterocycles. The van der Waals surface area contributed by atoms with Gasteiger partial charge in [-0.25, -0.2) is 9.97 Å². The number of aromatic nitrogens is 4. The maximum atomic E-state index is 12.0. The number of aliphatic hydroxyl groups is 1. The van der Waals surface area contributed by atoms with Gasteiger partial charge in [-0.05, 0) is 12.1 Å². The molecule has 2 rings (SSSR count). The van der Waals surface area contributed by atoms with Crippen molar-refractivity contribution in [2.24, 2.45) is 0 Å². The molecule has 0 bridgehead atoms. The van der Waals surface area contributed by atoms with Crippen LogP contribution in [0.25, 0.3) is 0 Å². The number of H-pyrrole nitrogens is 1. The predicted molar refractivity (Wildman–Crippen MR) is 70.6 cm³/mol. The van der Waals surface area contributed by atoms with Gasteiger partial charge in [0.05, 0.1) is 5.56 Å². The topological polar surface area (TPSA) is 104 Å². The first kappa shape index (κ1) is 13.7. The SMILES string of the molecule is O=C(NCCc1ncn[nH]1)c1ncccc1C#CCO. The Labute approximate surface area is 115 Å². The third kappa shape index (κ3) is 3.63. The van der Waals surface area contributed by atoms with Gasteiger partial charge in [0, 0.05) is 19.2 Å². The molecule has 7 nitrogen and oxygen atoms in total. The van der Waals surface area contributed by atoms with Gasteiger partial charge in [0.15, 0.2) is 0 Å². The molecule has 0 aromatic carbocycles. The van der Waals surface area contributed by atoms with Crippen LogP contribution in [0.1, 0.15) is 21.9 Å². The van der Waals surface area contributed by atoms with Gasteiger partial charge in [-0.2, -0.15) is 5.10 Å². The normalized spacial score (nSPS) is 9.65. The number of amides is 1. The highest BCUT2D eigenvalue weighted by Gasteiger charge is 2.10. The van der Waals surface area contributed by atoms with E-state index >= 15 is 0 Å². The second-order valence-electron chi connectivity index (χ2n) is 3.80. The quantitative estimate of drug-likeness (QED) is 0.651. The largest absolute Gasteiger partial charge is 0.384 e. The second kappa shape index (κ2) is 7.01. The average molecular weight is 271 g/mol. The minimum atomic E-state index is -0.313. The van der Waals surface area contributed by atoms with Gasteiger partial charge < -0.3 is 10.4 Å². The van der Waals surface area contributed by atoms with Crippen molar-refractivity contribution < 1.29 is 9.90 Å². The third-order valence-electron chi connectivity index (χ3n) is 2.44. The van der Waals surface area contributed by atoms with E-state index in [1.807, 2.05) is 0 Å². The van der Waals surface area contributed by atoms with E-state index in [1.54, 1.807) is 12.1 Å². The van der Waals surface area contributed by atoms with Gasteiger partial charge in [-0.3, -0.25) is 9.89 Å². The van der Waals surface area contributed by atoms with Gasteiger partial charge in [0.2, 0.25) is 0 Å². The number of carbonyl (C=O) groups excluding carboxylic acids is 1. The van der Waals surface area contributed by atoms with Crippen LogP contribution in [0.5, 0.6) is 0 Å². The molecule has 2 aromatic rings. The van der Waals surface area contributed by atoms with Crippen molar-refractivity contribution >= 4 is 5.91 Å². The van der Waals surface area contributed by atoms with Crippen molar-refractivity contribution in [3.63, 3.8) is 0 Å². The van der Waals surface area contributed by atoms with Crippen LogP contribution in [0.4, 0.5) is 0 Å². The summed E-state index contributed by atoms with van der Waals surface area (Å²) >= 11 is 0. The van der Waals surface area contributed by atoms with Crippen molar-refractivity contribution in [2.75, 3.05) is 13.2 Å². The van der Waals surface area contributed by atoms with Crippen molar-refractivity contribution in [3.05, 3.63) is 41.7 Å². The van der Waals surface area contributed by atoms with E-state index in [2.05, 4.69) is 37.3 Å². The summed E-state index contributed by atoms with van der Waals surface area (Å²) in [6.45, 7) is 0.152. The average Bonchev–Trinajstić information content (AvgIpc) is 2.98. The number of aliphatic hydroxyl groups excluding tert-OH is 1. The molecule has 0 fully saturated rings. The summed E-state index contributed by atoms with van der Waals surface area (Å²) < 4.78 is 0. The molecule has 20 heavy (non-hydrogen) atoms. The van der Waals surface area contributed by atoms with E-state index in [4.69, 9.17) is 5.11 Å². The summed E-state index contributed by atoms with van der Waals surface area (Å²) in [7, 11) is 0. The highest BCUT2D eigenvalue weighted by molar-refractivity contribution is 5.94. The molecule has 2 aromatic heterocycles. The van der Waals surface area contributed by atoms with Crippen molar-refractivity contribution in [1.29, 1.82) is 0 Å². The number of rotatable bonds is 4. The molecule has 0 aliphatic carbocycles. The lowest BCUT2D eigenvalue weighted by Gasteiger charge is -2.04. The summed E-state index contributed by atoms with van der Waals surface area (Å²) in [6.07, 6.45) is 3.49. The summed E-state index contributed by atoms with van der Waals surface area (Å²) in [5.74, 6) is 5.58. The van der Waals surface area contributed by atoms with Crippen molar-refractivity contribution in [3.8, 4) is 11.8 Å². The highest BCUT2D eigenvalue weighted by Crippen LogP contribution is 2.03. The molecule has 102 valence electrons.